The van der Waals surface area contributed by atoms with Crippen molar-refractivity contribution in [3.05, 3.63) is 47.8 Å². The topological polar surface area (TPSA) is 29.9 Å². The molecule has 19 heavy (non-hydrogen) atoms. The number of imidazole rings is 1. The summed E-state index contributed by atoms with van der Waals surface area (Å²) in [5.41, 5.74) is 1.54. The number of aromatic nitrogens is 2. The van der Waals surface area contributed by atoms with Crippen molar-refractivity contribution in [1.82, 2.24) is 14.9 Å². The second-order valence-corrected chi connectivity index (χ2v) is 4.65. The van der Waals surface area contributed by atoms with E-state index in [2.05, 4.69) is 17.2 Å². The molecule has 1 N–H and O–H groups in total. The highest BCUT2D eigenvalue weighted by Crippen LogP contribution is 2.25. The Bertz CT molecular complexity index is 548. The Morgan fingerprint density at radius 2 is 2.21 bits per heavy atom. The molecule has 2 aromatic rings. The number of hydrogen-bond acceptors (Lipinski definition) is 2. The number of nitrogens with one attached hydrogen (secondary N) is 1. The van der Waals surface area contributed by atoms with Gasteiger partial charge in [0.2, 0.25) is 0 Å². The standard InChI is InChI=1S/C15H20FN3/c1-4-6-14-18-9-10-19(14)13-8-5-7-12(16)15(13)11(2)17-3/h5,7-11,17H,4,6H2,1-3H3. The van der Waals surface area contributed by atoms with Crippen molar-refractivity contribution in [3.63, 3.8) is 0 Å². The second kappa shape index (κ2) is 5.97. The fourth-order valence-electron chi connectivity index (χ4n) is 2.27. The normalized spacial score (nSPS) is 12.6. The average molecular weight is 261 g/mol. The maximum Gasteiger partial charge on any atom is 0.130 e. The molecule has 0 aliphatic heterocycles. The van der Waals surface area contributed by atoms with Gasteiger partial charge < -0.3 is 9.88 Å². The van der Waals surface area contributed by atoms with Crippen LogP contribution in [-0.4, -0.2) is 16.6 Å². The van der Waals surface area contributed by atoms with Crippen LogP contribution in [0, 0.1) is 5.82 Å². The van der Waals surface area contributed by atoms with Gasteiger partial charge in [-0.15, -0.1) is 0 Å². The van der Waals surface area contributed by atoms with Crippen LogP contribution < -0.4 is 5.32 Å². The highest BCUT2D eigenvalue weighted by Gasteiger charge is 2.16. The van der Waals surface area contributed by atoms with Crippen LogP contribution in [0.2, 0.25) is 0 Å². The zero-order valence-electron chi connectivity index (χ0n) is 11.7. The molecule has 0 radical (unpaired) electrons. The predicted octanol–water partition coefficient (Wildman–Crippen LogP) is 3.24. The van der Waals surface area contributed by atoms with Crippen molar-refractivity contribution < 1.29 is 4.39 Å². The molecule has 1 atom stereocenters. The fourth-order valence-corrected chi connectivity index (χ4v) is 2.27. The van der Waals surface area contributed by atoms with Crippen molar-refractivity contribution in [2.45, 2.75) is 32.7 Å². The molecule has 0 fully saturated rings. The third-order valence-electron chi connectivity index (χ3n) is 3.35. The monoisotopic (exact) mass is 261 g/mol. The third kappa shape index (κ3) is 2.68. The highest BCUT2D eigenvalue weighted by atomic mass is 19.1. The summed E-state index contributed by atoms with van der Waals surface area (Å²) < 4.78 is 16.1. The Balaban J connectivity index is 2.55. The lowest BCUT2D eigenvalue weighted by molar-refractivity contribution is 0.558. The molecule has 0 amide bonds. The molecule has 0 spiro atoms. The molecule has 0 saturated carbocycles. The molecule has 0 aliphatic carbocycles. The smallest absolute Gasteiger partial charge is 0.130 e. The maximum atomic E-state index is 14.1. The lowest BCUT2D eigenvalue weighted by Crippen LogP contribution is -2.17. The SMILES string of the molecule is CCCc1nccn1-c1cccc(F)c1C(C)NC. The lowest BCUT2D eigenvalue weighted by Gasteiger charge is -2.18. The van der Waals surface area contributed by atoms with Crippen LogP contribution in [0.4, 0.5) is 4.39 Å². The zero-order valence-corrected chi connectivity index (χ0v) is 11.7. The van der Waals surface area contributed by atoms with Gasteiger partial charge in [-0.2, -0.15) is 0 Å². The Kier molecular flexibility index (Phi) is 4.32. The minimum absolute atomic E-state index is 0.0481. The van der Waals surface area contributed by atoms with Crippen molar-refractivity contribution >= 4 is 0 Å². The van der Waals surface area contributed by atoms with E-state index in [1.54, 1.807) is 12.3 Å². The van der Waals surface area contributed by atoms with Crippen LogP contribution in [0.5, 0.6) is 0 Å². The van der Waals surface area contributed by atoms with Gasteiger partial charge in [-0.1, -0.05) is 13.0 Å². The van der Waals surface area contributed by atoms with Gasteiger partial charge in [0, 0.05) is 30.4 Å². The average Bonchev–Trinajstić information content (AvgIpc) is 2.86. The first-order chi connectivity index (χ1) is 9.19. The fraction of sp³-hybridized carbons (Fsp3) is 0.400. The van der Waals surface area contributed by atoms with Gasteiger partial charge in [0.15, 0.2) is 0 Å². The van der Waals surface area contributed by atoms with Crippen LogP contribution in [-0.2, 0) is 6.42 Å². The second-order valence-electron chi connectivity index (χ2n) is 4.65. The molecule has 3 nitrogen and oxygen atoms in total. The van der Waals surface area contributed by atoms with E-state index in [9.17, 15) is 4.39 Å². The first-order valence-corrected chi connectivity index (χ1v) is 6.67. The highest BCUT2D eigenvalue weighted by molar-refractivity contribution is 5.44. The van der Waals surface area contributed by atoms with E-state index in [1.807, 2.05) is 30.8 Å². The molecule has 102 valence electrons. The molecule has 4 heteroatoms. The molecule has 1 aromatic carbocycles. The van der Waals surface area contributed by atoms with Gasteiger partial charge in [-0.3, -0.25) is 0 Å². The van der Waals surface area contributed by atoms with E-state index in [1.165, 1.54) is 6.07 Å². The largest absolute Gasteiger partial charge is 0.313 e. The van der Waals surface area contributed by atoms with Gasteiger partial charge in [0.1, 0.15) is 11.6 Å². The van der Waals surface area contributed by atoms with Crippen LogP contribution in [0.25, 0.3) is 5.69 Å². The maximum absolute atomic E-state index is 14.1. The summed E-state index contributed by atoms with van der Waals surface area (Å²) in [6.07, 6.45) is 5.56. The quantitative estimate of drug-likeness (QED) is 0.895. The predicted molar refractivity (Wildman–Crippen MR) is 75.0 cm³/mol. The van der Waals surface area contributed by atoms with E-state index in [0.29, 0.717) is 5.56 Å². The molecular formula is C15H20FN3. The lowest BCUT2D eigenvalue weighted by atomic mass is 10.0. The molecule has 0 bridgehead atoms. The van der Waals surface area contributed by atoms with E-state index in [0.717, 1.165) is 24.4 Å². The van der Waals surface area contributed by atoms with Crippen molar-refractivity contribution in [2.75, 3.05) is 7.05 Å². The molecule has 1 unspecified atom stereocenters. The molecule has 1 aromatic heterocycles. The molecule has 0 aliphatic rings. The summed E-state index contributed by atoms with van der Waals surface area (Å²) in [5, 5.41) is 3.10. The first kappa shape index (κ1) is 13.7. The first-order valence-electron chi connectivity index (χ1n) is 6.67. The van der Waals surface area contributed by atoms with Gasteiger partial charge in [-0.05, 0) is 32.5 Å². The molecule has 1 heterocycles. The van der Waals surface area contributed by atoms with E-state index in [-0.39, 0.29) is 11.9 Å². The van der Waals surface area contributed by atoms with E-state index < -0.39 is 0 Å². The van der Waals surface area contributed by atoms with E-state index >= 15 is 0 Å². The van der Waals surface area contributed by atoms with Gasteiger partial charge in [0.05, 0.1) is 5.69 Å². The van der Waals surface area contributed by atoms with Crippen molar-refractivity contribution in [2.24, 2.45) is 0 Å². The summed E-state index contributed by atoms with van der Waals surface area (Å²) in [6.45, 7) is 4.07. The molecular weight excluding hydrogens is 241 g/mol. The minimum Gasteiger partial charge on any atom is -0.313 e. The van der Waals surface area contributed by atoms with Crippen LogP contribution in [0.15, 0.2) is 30.6 Å². The summed E-state index contributed by atoms with van der Waals surface area (Å²) in [5.74, 6) is 0.785. The Morgan fingerprint density at radius 3 is 2.89 bits per heavy atom. The summed E-state index contributed by atoms with van der Waals surface area (Å²) >= 11 is 0. The van der Waals surface area contributed by atoms with Crippen LogP contribution >= 0.6 is 0 Å². The summed E-state index contributed by atoms with van der Waals surface area (Å²) in [4.78, 5) is 4.36. The van der Waals surface area contributed by atoms with Crippen molar-refractivity contribution in [1.29, 1.82) is 0 Å². The van der Waals surface area contributed by atoms with Crippen LogP contribution in [0.1, 0.15) is 37.7 Å². The number of hydrogen-bond donors (Lipinski definition) is 1. The Labute approximate surface area is 113 Å². The minimum atomic E-state index is -0.185. The molecule has 0 saturated heterocycles. The Hall–Kier alpha value is -1.68. The Morgan fingerprint density at radius 1 is 1.42 bits per heavy atom. The number of halogens is 1. The van der Waals surface area contributed by atoms with Crippen LogP contribution in [0.3, 0.4) is 0 Å². The number of rotatable bonds is 5. The van der Waals surface area contributed by atoms with Gasteiger partial charge in [-0.25, -0.2) is 9.37 Å². The third-order valence-corrected chi connectivity index (χ3v) is 3.35. The number of nitrogens with zero attached hydrogens (tertiary/aromatic N) is 2. The zero-order chi connectivity index (χ0) is 13.8. The summed E-state index contributed by atoms with van der Waals surface area (Å²) in [6, 6.07) is 5.13. The summed E-state index contributed by atoms with van der Waals surface area (Å²) in [7, 11) is 1.84. The van der Waals surface area contributed by atoms with Gasteiger partial charge >= 0.3 is 0 Å². The van der Waals surface area contributed by atoms with Crippen molar-refractivity contribution in [3.8, 4) is 5.69 Å². The molecule has 2 rings (SSSR count). The van der Waals surface area contributed by atoms with Gasteiger partial charge in [0.25, 0.3) is 0 Å². The number of aryl methyl sites for hydroxylation is 1. The van der Waals surface area contributed by atoms with E-state index in [4.69, 9.17) is 0 Å². The number of benzene rings is 1.